The number of nitrogens with one attached hydrogen (secondary N) is 1. The van der Waals surface area contributed by atoms with Gasteiger partial charge in [0.15, 0.2) is 0 Å². The summed E-state index contributed by atoms with van der Waals surface area (Å²) in [7, 11) is 0. The van der Waals surface area contributed by atoms with Crippen molar-refractivity contribution in [2.24, 2.45) is 5.92 Å². The fourth-order valence-electron chi connectivity index (χ4n) is 3.55. The first-order chi connectivity index (χ1) is 8.19. The second-order valence-electron chi connectivity index (χ2n) is 5.83. The molecule has 0 bridgehead atoms. The highest BCUT2D eigenvalue weighted by Crippen LogP contribution is 2.30. The number of hydrogen-bond donors (Lipinski definition) is 1. The zero-order valence-electron chi connectivity index (χ0n) is 11.6. The minimum Gasteiger partial charge on any atom is -0.314 e. The summed E-state index contributed by atoms with van der Waals surface area (Å²) in [5.41, 5.74) is 0. The lowest BCUT2D eigenvalue weighted by molar-refractivity contribution is 0.212. The monoisotopic (exact) mass is 256 g/mol. The fourth-order valence-corrected chi connectivity index (χ4v) is 4.94. The van der Waals surface area contributed by atoms with Crippen LogP contribution in [-0.4, -0.2) is 47.6 Å². The standard InChI is InChI=1S/C14H28N2S/c1-4-15-14-7-5-6-13(14)10-16-8-11(2)17-12(3)9-16/h11-15H,4-10H2,1-3H3. The summed E-state index contributed by atoms with van der Waals surface area (Å²) in [6.07, 6.45) is 4.26. The number of thioether (sulfide) groups is 1. The maximum atomic E-state index is 3.67. The molecule has 3 heteroatoms. The predicted octanol–water partition coefficient (Wildman–Crippen LogP) is 2.59. The van der Waals surface area contributed by atoms with E-state index in [0.29, 0.717) is 0 Å². The van der Waals surface area contributed by atoms with Gasteiger partial charge in [0.25, 0.3) is 0 Å². The Morgan fingerprint density at radius 2 is 1.88 bits per heavy atom. The van der Waals surface area contributed by atoms with E-state index in [2.05, 4.69) is 42.7 Å². The fraction of sp³-hybridized carbons (Fsp3) is 1.00. The molecule has 1 saturated carbocycles. The highest BCUT2D eigenvalue weighted by Gasteiger charge is 2.30. The third-order valence-corrected chi connectivity index (χ3v) is 5.34. The Morgan fingerprint density at radius 3 is 2.53 bits per heavy atom. The lowest BCUT2D eigenvalue weighted by Crippen LogP contribution is -2.45. The van der Waals surface area contributed by atoms with Crippen LogP contribution in [0.4, 0.5) is 0 Å². The number of hydrogen-bond acceptors (Lipinski definition) is 3. The SMILES string of the molecule is CCNC1CCCC1CN1CC(C)SC(C)C1. The largest absolute Gasteiger partial charge is 0.314 e. The van der Waals surface area contributed by atoms with E-state index in [1.165, 1.54) is 38.9 Å². The highest BCUT2D eigenvalue weighted by molar-refractivity contribution is 8.00. The van der Waals surface area contributed by atoms with E-state index < -0.39 is 0 Å². The molecule has 2 fully saturated rings. The predicted molar refractivity (Wildman–Crippen MR) is 77.8 cm³/mol. The summed E-state index contributed by atoms with van der Waals surface area (Å²) in [5.74, 6) is 0.900. The molecule has 4 unspecified atom stereocenters. The van der Waals surface area contributed by atoms with Crippen LogP contribution < -0.4 is 5.32 Å². The first-order valence-electron chi connectivity index (χ1n) is 7.30. The van der Waals surface area contributed by atoms with Crippen molar-refractivity contribution in [2.45, 2.75) is 56.6 Å². The van der Waals surface area contributed by atoms with Crippen molar-refractivity contribution in [3.8, 4) is 0 Å². The molecule has 17 heavy (non-hydrogen) atoms. The molecule has 0 aromatic carbocycles. The summed E-state index contributed by atoms with van der Waals surface area (Å²) < 4.78 is 0. The van der Waals surface area contributed by atoms with Gasteiger partial charge in [-0.15, -0.1) is 0 Å². The maximum Gasteiger partial charge on any atom is 0.0149 e. The Morgan fingerprint density at radius 1 is 1.18 bits per heavy atom. The Hall–Kier alpha value is 0.270. The van der Waals surface area contributed by atoms with Crippen molar-refractivity contribution >= 4 is 11.8 Å². The van der Waals surface area contributed by atoms with Crippen molar-refractivity contribution in [3.05, 3.63) is 0 Å². The topological polar surface area (TPSA) is 15.3 Å². The maximum absolute atomic E-state index is 3.67. The van der Waals surface area contributed by atoms with Crippen LogP contribution in [0.1, 0.15) is 40.0 Å². The summed E-state index contributed by atoms with van der Waals surface area (Å²) in [6, 6.07) is 0.792. The molecule has 1 heterocycles. The van der Waals surface area contributed by atoms with E-state index >= 15 is 0 Å². The van der Waals surface area contributed by atoms with Gasteiger partial charge in [-0.2, -0.15) is 11.8 Å². The van der Waals surface area contributed by atoms with E-state index in [9.17, 15) is 0 Å². The third kappa shape index (κ3) is 3.87. The minimum absolute atomic E-state index is 0.792. The molecule has 4 atom stereocenters. The molecule has 0 amide bonds. The molecule has 2 aliphatic rings. The van der Waals surface area contributed by atoms with Crippen molar-refractivity contribution in [3.63, 3.8) is 0 Å². The van der Waals surface area contributed by atoms with E-state index in [4.69, 9.17) is 0 Å². The second kappa shape index (κ2) is 6.44. The zero-order chi connectivity index (χ0) is 12.3. The number of rotatable bonds is 4. The van der Waals surface area contributed by atoms with Crippen molar-refractivity contribution in [1.29, 1.82) is 0 Å². The first kappa shape index (κ1) is 13.7. The molecule has 100 valence electrons. The van der Waals surface area contributed by atoms with Crippen LogP contribution in [0.3, 0.4) is 0 Å². The van der Waals surface area contributed by atoms with E-state index in [1.54, 1.807) is 0 Å². The van der Waals surface area contributed by atoms with Gasteiger partial charge < -0.3 is 10.2 Å². The van der Waals surface area contributed by atoms with Gasteiger partial charge in [-0.3, -0.25) is 0 Å². The Labute approximate surface area is 111 Å². The van der Waals surface area contributed by atoms with Gasteiger partial charge in [0, 0.05) is 36.2 Å². The van der Waals surface area contributed by atoms with Gasteiger partial charge in [-0.05, 0) is 25.3 Å². The summed E-state index contributed by atoms with van der Waals surface area (Å²) in [5, 5.41) is 5.31. The lowest BCUT2D eigenvalue weighted by Gasteiger charge is -2.37. The van der Waals surface area contributed by atoms with Crippen molar-refractivity contribution in [1.82, 2.24) is 10.2 Å². The first-order valence-corrected chi connectivity index (χ1v) is 8.24. The summed E-state index contributed by atoms with van der Waals surface area (Å²) >= 11 is 2.16. The van der Waals surface area contributed by atoms with Gasteiger partial charge in [-0.25, -0.2) is 0 Å². The molecule has 0 aromatic heterocycles. The van der Waals surface area contributed by atoms with Gasteiger partial charge in [0.2, 0.25) is 0 Å². The van der Waals surface area contributed by atoms with Crippen LogP contribution in [0.5, 0.6) is 0 Å². The summed E-state index contributed by atoms with van der Waals surface area (Å²) in [6.45, 7) is 12.0. The van der Waals surface area contributed by atoms with Gasteiger partial charge >= 0.3 is 0 Å². The van der Waals surface area contributed by atoms with Crippen molar-refractivity contribution < 1.29 is 0 Å². The lowest BCUT2D eigenvalue weighted by atomic mass is 10.0. The van der Waals surface area contributed by atoms with Gasteiger partial charge in [0.05, 0.1) is 0 Å². The van der Waals surface area contributed by atoms with Crippen LogP contribution in [0.2, 0.25) is 0 Å². The molecule has 1 N–H and O–H groups in total. The average Bonchev–Trinajstić information content (AvgIpc) is 2.65. The van der Waals surface area contributed by atoms with Crippen LogP contribution in [-0.2, 0) is 0 Å². The Bertz CT molecular complexity index is 224. The average molecular weight is 256 g/mol. The molecule has 1 saturated heterocycles. The normalized spacial score (nSPS) is 39.7. The third-order valence-electron chi connectivity index (χ3n) is 4.11. The smallest absolute Gasteiger partial charge is 0.0149 e. The Kier molecular flexibility index (Phi) is 5.19. The second-order valence-corrected chi connectivity index (χ2v) is 7.71. The quantitative estimate of drug-likeness (QED) is 0.832. The molecule has 1 aliphatic carbocycles. The molecule has 1 aliphatic heterocycles. The van der Waals surface area contributed by atoms with Crippen LogP contribution in [0, 0.1) is 5.92 Å². The molecular formula is C14H28N2S. The minimum atomic E-state index is 0.792. The van der Waals surface area contributed by atoms with Gasteiger partial charge in [0.1, 0.15) is 0 Å². The highest BCUT2D eigenvalue weighted by atomic mass is 32.2. The molecule has 0 aromatic rings. The zero-order valence-corrected chi connectivity index (χ0v) is 12.4. The molecule has 2 nitrogen and oxygen atoms in total. The Balaban J connectivity index is 1.82. The van der Waals surface area contributed by atoms with Crippen LogP contribution >= 0.6 is 11.8 Å². The molecule has 2 rings (SSSR count). The van der Waals surface area contributed by atoms with Crippen LogP contribution in [0.25, 0.3) is 0 Å². The van der Waals surface area contributed by atoms with Crippen molar-refractivity contribution in [2.75, 3.05) is 26.2 Å². The number of nitrogens with zero attached hydrogens (tertiary/aromatic N) is 1. The van der Waals surface area contributed by atoms with E-state index in [1.807, 2.05) is 0 Å². The van der Waals surface area contributed by atoms with Gasteiger partial charge in [-0.1, -0.05) is 27.2 Å². The van der Waals surface area contributed by atoms with E-state index in [0.717, 1.165) is 29.0 Å². The molecular weight excluding hydrogens is 228 g/mol. The van der Waals surface area contributed by atoms with Crippen LogP contribution in [0.15, 0.2) is 0 Å². The summed E-state index contributed by atoms with van der Waals surface area (Å²) in [4.78, 5) is 2.71. The molecule has 0 radical (unpaired) electrons. The molecule has 0 spiro atoms. The van der Waals surface area contributed by atoms with E-state index in [-0.39, 0.29) is 0 Å².